The number of hydrogen-bond acceptors (Lipinski definition) is 1. The second-order valence-electron chi connectivity index (χ2n) is 3.84. The van der Waals surface area contributed by atoms with Crippen molar-refractivity contribution in [3.05, 3.63) is 42.0 Å². The van der Waals surface area contributed by atoms with Crippen LogP contribution < -0.4 is 0 Å². The van der Waals surface area contributed by atoms with Gasteiger partial charge in [-0.05, 0) is 18.1 Å². The van der Waals surface area contributed by atoms with E-state index in [2.05, 4.69) is 19.9 Å². The zero-order valence-electron chi connectivity index (χ0n) is 8.79. The zero-order valence-corrected chi connectivity index (χ0v) is 11.5. The van der Waals surface area contributed by atoms with Crippen LogP contribution in [0.3, 0.4) is 0 Å². The molecule has 0 aliphatic rings. The van der Waals surface area contributed by atoms with E-state index in [0.717, 1.165) is 5.39 Å². The van der Waals surface area contributed by atoms with Crippen LogP contribution in [0.4, 0.5) is 0 Å². The smallest absolute Gasteiger partial charge is 0.113 e. The Balaban J connectivity index is 0.00000112. The predicted molar refractivity (Wildman–Crippen MR) is 58.5 cm³/mol. The van der Waals surface area contributed by atoms with Crippen LogP contribution in [0.5, 0.6) is 5.75 Å². The number of rotatable bonds is 1. The SMILES string of the molecule is CC(C)c1cc(O)cc2cc[c-]cc12.[Re]. The maximum absolute atomic E-state index is 9.55. The molecule has 2 heteroatoms. The van der Waals surface area contributed by atoms with Crippen molar-refractivity contribution in [3.8, 4) is 5.75 Å². The van der Waals surface area contributed by atoms with Gasteiger partial charge in [-0.3, -0.25) is 0 Å². The minimum absolute atomic E-state index is 0. The van der Waals surface area contributed by atoms with Crippen molar-refractivity contribution < 1.29 is 25.5 Å². The van der Waals surface area contributed by atoms with Crippen molar-refractivity contribution in [1.82, 2.24) is 0 Å². The Morgan fingerprint density at radius 3 is 2.67 bits per heavy atom. The van der Waals surface area contributed by atoms with Gasteiger partial charge < -0.3 is 5.11 Å². The molecule has 2 aromatic rings. The monoisotopic (exact) mass is 372 g/mol. The molecule has 0 atom stereocenters. The average Bonchev–Trinajstić information content (AvgIpc) is 2.16. The molecule has 0 fully saturated rings. The van der Waals surface area contributed by atoms with E-state index in [4.69, 9.17) is 0 Å². The Kier molecular flexibility index (Phi) is 3.91. The van der Waals surface area contributed by atoms with Gasteiger partial charge in [-0.15, -0.1) is 10.8 Å². The number of hydrogen-bond donors (Lipinski definition) is 1. The molecule has 0 unspecified atom stereocenters. The first-order chi connectivity index (χ1) is 6.68. The van der Waals surface area contributed by atoms with Crippen LogP contribution in [0.25, 0.3) is 10.8 Å². The minimum atomic E-state index is 0. The fraction of sp³-hybridized carbons (Fsp3) is 0.231. The molecular weight excluding hydrogens is 358 g/mol. The number of aromatic hydroxyl groups is 1. The molecule has 0 spiro atoms. The van der Waals surface area contributed by atoms with Gasteiger partial charge in [-0.2, -0.15) is 24.3 Å². The second-order valence-corrected chi connectivity index (χ2v) is 3.84. The molecule has 2 aromatic carbocycles. The van der Waals surface area contributed by atoms with E-state index in [1.165, 1.54) is 10.9 Å². The van der Waals surface area contributed by atoms with Crippen LogP contribution in [-0.2, 0) is 20.4 Å². The summed E-state index contributed by atoms with van der Waals surface area (Å²) in [6.45, 7) is 4.25. The Labute approximate surface area is 104 Å². The van der Waals surface area contributed by atoms with E-state index in [0.29, 0.717) is 11.7 Å². The Morgan fingerprint density at radius 2 is 2.00 bits per heavy atom. The fourth-order valence-electron chi connectivity index (χ4n) is 1.73. The van der Waals surface area contributed by atoms with Crippen molar-refractivity contribution in [2.24, 2.45) is 0 Å². The number of benzene rings is 2. The summed E-state index contributed by atoms with van der Waals surface area (Å²) in [6.07, 6.45) is 0. The third kappa shape index (κ3) is 2.40. The Morgan fingerprint density at radius 1 is 1.27 bits per heavy atom. The summed E-state index contributed by atoms with van der Waals surface area (Å²) in [7, 11) is 0. The summed E-state index contributed by atoms with van der Waals surface area (Å²) in [5.74, 6) is 0.757. The first-order valence-corrected chi connectivity index (χ1v) is 4.81. The van der Waals surface area contributed by atoms with Crippen LogP contribution in [0, 0.1) is 6.07 Å². The standard InChI is InChI=1S/C13H13O.Re/c1-9(2)13-8-11(14)7-10-5-3-4-6-12(10)13;/h3,5-9,14H,1-2H3;/q-1;. The molecule has 0 aromatic heterocycles. The summed E-state index contributed by atoms with van der Waals surface area (Å²) < 4.78 is 0. The second kappa shape index (κ2) is 4.79. The van der Waals surface area contributed by atoms with Gasteiger partial charge in [-0.25, -0.2) is 0 Å². The predicted octanol–water partition coefficient (Wildman–Crippen LogP) is 3.47. The molecule has 0 aliphatic carbocycles. The molecule has 79 valence electrons. The summed E-state index contributed by atoms with van der Waals surface area (Å²) in [5, 5.41) is 11.8. The van der Waals surface area contributed by atoms with Gasteiger partial charge in [0.15, 0.2) is 0 Å². The number of phenols is 1. The molecule has 0 bridgehead atoms. The molecule has 0 amide bonds. The number of phenolic OH excluding ortho intramolecular Hbond substituents is 1. The van der Waals surface area contributed by atoms with Crippen molar-refractivity contribution in [1.29, 1.82) is 0 Å². The molecule has 0 saturated heterocycles. The van der Waals surface area contributed by atoms with Gasteiger partial charge in [0, 0.05) is 20.4 Å². The van der Waals surface area contributed by atoms with E-state index in [-0.39, 0.29) is 20.4 Å². The molecule has 2 rings (SSSR count). The van der Waals surface area contributed by atoms with Crippen molar-refractivity contribution in [2.45, 2.75) is 19.8 Å². The molecule has 1 radical (unpaired) electrons. The Hall–Kier alpha value is -0.838. The molecule has 1 nitrogen and oxygen atoms in total. The van der Waals surface area contributed by atoms with Gasteiger partial charge in [0.2, 0.25) is 0 Å². The Bertz CT molecular complexity index is 463. The number of fused-ring (bicyclic) bond motifs is 1. The van der Waals surface area contributed by atoms with E-state index < -0.39 is 0 Å². The summed E-state index contributed by atoms with van der Waals surface area (Å²) in [4.78, 5) is 0. The quantitative estimate of drug-likeness (QED) is 0.761. The zero-order chi connectivity index (χ0) is 10.1. The van der Waals surface area contributed by atoms with Gasteiger partial charge in [0.25, 0.3) is 0 Å². The topological polar surface area (TPSA) is 20.2 Å². The van der Waals surface area contributed by atoms with E-state index >= 15 is 0 Å². The molecule has 0 aliphatic heterocycles. The first-order valence-electron chi connectivity index (χ1n) is 4.81. The van der Waals surface area contributed by atoms with Crippen LogP contribution in [0.2, 0.25) is 0 Å². The largest absolute Gasteiger partial charge is 0.508 e. The molecule has 0 saturated carbocycles. The van der Waals surface area contributed by atoms with Gasteiger partial charge in [0.1, 0.15) is 5.75 Å². The van der Waals surface area contributed by atoms with Crippen LogP contribution in [0.15, 0.2) is 30.3 Å². The van der Waals surface area contributed by atoms with E-state index in [1.54, 1.807) is 6.07 Å². The van der Waals surface area contributed by atoms with Crippen molar-refractivity contribution >= 4 is 10.8 Å². The van der Waals surface area contributed by atoms with Gasteiger partial charge in [-0.1, -0.05) is 19.4 Å². The van der Waals surface area contributed by atoms with E-state index in [9.17, 15) is 5.11 Å². The fourth-order valence-corrected chi connectivity index (χ4v) is 1.73. The van der Waals surface area contributed by atoms with Crippen LogP contribution >= 0.6 is 0 Å². The summed E-state index contributed by atoms with van der Waals surface area (Å²) in [5.41, 5.74) is 1.18. The first kappa shape index (κ1) is 12.2. The third-order valence-corrected chi connectivity index (χ3v) is 2.44. The van der Waals surface area contributed by atoms with Crippen LogP contribution in [0.1, 0.15) is 25.3 Å². The maximum atomic E-state index is 9.55. The van der Waals surface area contributed by atoms with Gasteiger partial charge >= 0.3 is 0 Å². The van der Waals surface area contributed by atoms with Crippen LogP contribution in [-0.4, -0.2) is 5.11 Å². The summed E-state index contributed by atoms with van der Waals surface area (Å²) in [6, 6.07) is 12.5. The van der Waals surface area contributed by atoms with E-state index in [1.807, 2.05) is 24.3 Å². The third-order valence-electron chi connectivity index (χ3n) is 2.44. The molecule has 1 N–H and O–H groups in total. The molecule has 0 heterocycles. The molecular formula is C13H13ORe-. The normalized spacial score (nSPS) is 10.3. The van der Waals surface area contributed by atoms with Crippen molar-refractivity contribution in [3.63, 3.8) is 0 Å². The average molecular weight is 371 g/mol. The van der Waals surface area contributed by atoms with Gasteiger partial charge in [0.05, 0.1) is 0 Å². The summed E-state index contributed by atoms with van der Waals surface area (Å²) >= 11 is 0. The van der Waals surface area contributed by atoms with Crippen molar-refractivity contribution in [2.75, 3.05) is 0 Å². The molecule has 15 heavy (non-hydrogen) atoms. The minimum Gasteiger partial charge on any atom is -0.508 e. The maximum Gasteiger partial charge on any atom is 0.113 e.